The Morgan fingerprint density at radius 3 is 2.79 bits per heavy atom. The fraction of sp³-hybridized carbons (Fsp3) is 0.133. The van der Waals surface area contributed by atoms with Gasteiger partial charge in [-0.3, -0.25) is 10.1 Å². The SMILES string of the molecule is O=[N+]([O-])c1cc(-n2cnnn2)ccc1NCCc1ccccc1F. The predicted molar refractivity (Wildman–Crippen MR) is 84.4 cm³/mol. The van der Waals surface area contributed by atoms with Gasteiger partial charge in [-0.2, -0.15) is 0 Å². The van der Waals surface area contributed by atoms with E-state index in [1.54, 1.807) is 30.3 Å². The maximum absolute atomic E-state index is 13.6. The van der Waals surface area contributed by atoms with Crippen LogP contribution in [-0.2, 0) is 6.42 Å². The molecule has 0 aliphatic carbocycles. The Morgan fingerprint density at radius 1 is 1.25 bits per heavy atom. The van der Waals surface area contributed by atoms with E-state index in [9.17, 15) is 14.5 Å². The van der Waals surface area contributed by atoms with Gasteiger partial charge in [0.2, 0.25) is 0 Å². The van der Waals surface area contributed by atoms with Crippen molar-refractivity contribution in [3.05, 3.63) is 70.3 Å². The number of halogens is 1. The van der Waals surface area contributed by atoms with Crippen LogP contribution >= 0.6 is 0 Å². The Morgan fingerprint density at radius 2 is 2.08 bits per heavy atom. The molecular formula is C15H13FN6O2. The normalized spacial score (nSPS) is 10.5. The molecule has 0 spiro atoms. The van der Waals surface area contributed by atoms with Gasteiger partial charge in [-0.15, -0.1) is 5.10 Å². The first kappa shape index (κ1) is 15.5. The minimum Gasteiger partial charge on any atom is -0.379 e. The highest BCUT2D eigenvalue weighted by atomic mass is 19.1. The Hall–Kier alpha value is -3.36. The number of tetrazole rings is 1. The molecule has 0 unspecified atom stereocenters. The van der Waals surface area contributed by atoms with Crippen LogP contribution in [0, 0.1) is 15.9 Å². The van der Waals surface area contributed by atoms with Gasteiger partial charge >= 0.3 is 0 Å². The van der Waals surface area contributed by atoms with Crippen molar-refractivity contribution < 1.29 is 9.31 Å². The van der Waals surface area contributed by atoms with E-state index in [-0.39, 0.29) is 11.5 Å². The number of nitrogens with zero attached hydrogens (tertiary/aromatic N) is 5. The van der Waals surface area contributed by atoms with Crippen LogP contribution in [0.3, 0.4) is 0 Å². The summed E-state index contributed by atoms with van der Waals surface area (Å²) in [5.41, 5.74) is 1.29. The molecule has 9 heteroatoms. The molecule has 0 saturated heterocycles. The molecular weight excluding hydrogens is 315 g/mol. The van der Waals surface area contributed by atoms with E-state index in [2.05, 4.69) is 20.8 Å². The van der Waals surface area contributed by atoms with Gasteiger partial charge in [0.25, 0.3) is 5.69 Å². The Kier molecular flexibility index (Phi) is 4.41. The van der Waals surface area contributed by atoms with Gasteiger partial charge in [-0.1, -0.05) is 18.2 Å². The molecule has 0 radical (unpaired) electrons. The van der Waals surface area contributed by atoms with E-state index < -0.39 is 4.92 Å². The fourth-order valence-corrected chi connectivity index (χ4v) is 2.28. The third kappa shape index (κ3) is 3.35. The van der Waals surface area contributed by atoms with Gasteiger partial charge in [-0.25, -0.2) is 9.07 Å². The van der Waals surface area contributed by atoms with Crippen molar-refractivity contribution >= 4 is 11.4 Å². The number of nitro groups is 1. The topological polar surface area (TPSA) is 98.8 Å². The lowest BCUT2D eigenvalue weighted by atomic mass is 10.1. The van der Waals surface area contributed by atoms with Crippen LogP contribution in [0.25, 0.3) is 5.69 Å². The number of hydrogen-bond acceptors (Lipinski definition) is 6. The van der Waals surface area contributed by atoms with Gasteiger partial charge in [-0.05, 0) is 40.6 Å². The van der Waals surface area contributed by atoms with Crippen molar-refractivity contribution in [2.24, 2.45) is 0 Å². The predicted octanol–water partition coefficient (Wildman–Crippen LogP) is 2.36. The Bertz CT molecular complexity index is 853. The van der Waals surface area contributed by atoms with Crippen LogP contribution in [0.2, 0.25) is 0 Å². The number of rotatable bonds is 6. The molecule has 1 N–H and O–H groups in total. The van der Waals surface area contributed by atoms with Gasteiger partial charge in [0.05, 0.1) is 10.6 Å². The van der Waals surface area contributed by atoms with Crippen LogP contribution in [0.1, 0.15) is 5.56 Å². The van der Waals surface area contributed by atoms with Crippen molar-refractivity contribution in [1.82, 2.24) is 20.2 Å². The first-order chi connectivity index (χ1) is 11.6. The zero-order valence-corrected chi connectivity index (χ0v) is 12.5. The lowest BCUT2D eigenvalue weighted by Gasteiger charge is -2.09. The summed E-state index contributed by atoms with van der Waals surface area (Å²) in [6, 6.07) is 11.1. The van der Waals surface area contributed by atoms with Crippen molar-refractivity contribution in [2.45, 2.75) is 6.42 Å². The molecule has 122 valence electrons. The van der Waals surface area contributed by atoms with E-state index in [0.29, 0.717) is 29.9 Å². The van der Waals surface area contributed by atoms with Crippen molar-refractivity contribution in [3.63, 3.8) is 0 Å². The Labute approximate surface area is 136 Å². The molecule has 0 amide bonds. The second-order valence-corrected chi connectivity index (χ2v) is 4.98. The molecule has 0 aliphatic heterocycles. The number of nitrogens with one attached hydrogen (secondary N) is 1. The van der Waals surface area contributed by atoms with Gasteiger partial charge in [0.1, 0.15) is 17.8 Å². The Balaban J connectivity index is 1.75. The molecule has 3 rings (SSSR count). The molecule has 1 heterocycles. The summed E-state index contributed by atoms with van der Waals surface area (Å²) in [4.78, 5) is 10.8. The van der Waals surface area contributed by atoms with Gasteiger partial charge < -0.3 is 5.32 Å². The number of hydrogen-bond donors (Lipinski definition) is 1. The van der Waals surface area contributed by atoms with Gasteiger partial charge in [0.15, 0.2) is 0 Å². The second kappa shape index (κ2) is 6.82. The molecule has 8 nitrogen and oxygen atoms in total. The molecule has 3 aromatic rings. The summed E-state index contributed by atoms with van der Waals surface area (Å²) >= 11 is 0. The van der Waals surface area contributed by atoms with Crippen LogP contribution in [-0.4, -0.2) is 31.7 Å². The third-order valence-electron chi connectivity index (χ3n) is 3.46. The molecule has 0 bridgehead atoms. The molecule has 0 fully saturated rings. The highest BCUT2D eigenvalue weighted by Gasteiger charge is 2.15. The molecule has 0 aliphatic rings. The lowest BCUT2D eigenvalue weighted by molar-refractivity contribution is -0.383. The summed E-state index contributed by atoms with van der Waals surface area (Å²) < 4.78 is 14.9. The summed E-state index contributed by atoms with van der Waals surface area (Å²) in [6.07, 6.45) is 1.77. The average molecular weight is 328 g/mol. The number of benzene rings is 2. The van der Waals surface area contributed by atoms with Crippen LogP contribution in [0.4, 0.5) is 15.8 Å². The van der Waals surface area contributed by atoms with E-state index in [4.69, 9.17) is 0 Å². The molecule has 24 heavy (non-hydrogen) atoms. The molecule has 2 aromatic carbocycles. The van der Waals surface area contributed by atoms with Crippen LogP contribution in [0.5, 0.6) is 0 Å². The quantitative estimate of drug-likeness (QED) is 0.551. The standard InChI is InChI=1S/C15H13FN6O2/c16-13-4-2-1-3-11(13)7-8-17-14-6-5-12(9-15(14)22(23)24)21-10-18-19-20-21/h1-6,9-10,17H,7-8H2. The summed E-state index contributed by atoms with van der Waals surface area (Å²) in [5.74, 6) is -0.289. The first-order valence-corrected chi connectivity index (χ1v) is 7.14. The summed E-state index contributed by atoms with van der Waals surface area (Å²) in [5, 5.41) is 24.9. The minimum atomic E-state index is -0.487. The smallest absolute Gasteiger partial charge is 0.294 e. The zero-order chi connectivity index (χ0) is 16.9. The van der Waals surface area contributed by atoms with Crippen molar-refractivity contribution in [3.8, 4) is 5.69 Å². The number of aromatic nitrogens is 4. The van der Waals surface area contributed by atoms with Crippen molar-refractivity contribution in [2.75, 3.05) is 11.9 Å². The first-order valence-electron chi connectivity index (χ1n) is 7.14. The lowest BCUT2D eigenvalue weighted by Crippen LogP contribution is -2.08. The highest BCUT2D eigenvalue weighted by Crippen LogP contribution is 2.26. The van der Waals surface area contributed by atoms with E-state index in [0.717, 1.165) is 0 Å². The van der Waals surface area contributed by atoms with Crippen molar-refractivity contribution in [1.29, 1.82) is 0 Å². The maximum Gasteiger partial charge on any atom is 0.294 e. The highest BCUT2D eigenvalue weighted by molar-refractivity contribution is 5.65. The van der Waals surface area contributed by atoms with Gasteiger partial charge in [0, 0.05) is 12.6 Å². The zero-order valence-electron chi connectivity index (χ0n) is 12.5. The molecule has 0 atom stereocenters. The van der Waals surface area contributed by atoms with E-state index in [1.807, 2.05) is 0 Å². The minimum absolute atomic E-state index is 0.100. The third-order valence-corrected chi connectivity index (χ3v) is 3.46. The molecule has 1 aromatic heterocycles. The van der Waals surface area contributed by atoms with Crippen LogP contribution < -0.4 is 5.32 Å². The van der Waals surface area contributed by atoms with E-state index in [1.165, 1.54) is 23.1 Å². The molecule has 0 saturated carbocycles. The summed E-state index contributed by atoms with van der Waals surface area (Å²) in [6.45, 7) is 0.367. The van der Waals surface area contributed by atoms with Crippen LogP contribution in [0.15, 0.2) is 48.8 Å². The number of nitro benzene ring substituents is 1. The summed E-state index contributed by atoms with van der Waals surface area (Å²) in [7, 11) is 0. The second-order valence-electron chi connectivity index (χ2n) is 4.98. The number of anilines is 1. The maximum atomic E-state index is 13.6. The largest absolute Gasteiger partial charge is 0.379 e. The monoisotopic (exact) mass is 328 g/mol. The average Bonchev–Trinajstić information content (AvgIpc) is 3.11. The fourth-order valence-electron chi connectivity index (χ4n) is 2.28. The van der Waals surface area contributed by atoms with E-state index >= 15 is 0 Å².